The fourth-order valence-corrected chi connectivity index (χ4v) is 2.72. The first-order valence-corrected chi connectivity index (χ1v) is 7.34. The maximum absolute atomic E-state index is 12.1. The first-order chi connectivity index (χ1) is 9.61. The number of carbonyl (C=O) groups is 1. The molecule has 0 saturated carbocycles. The van der Waals surface area contributed by atoms with Gasteiger partial charge in [0.25, 0.3) is 0 Å². The Hall–Kier alpha value is -1.76. The lowest BCUT2D eigenvalue weighted by atomic mass is 10.0. The van der Waals surface area contributed by atoms with Gasteiger partial charge in [-0.15, -0.1) is 0 Å². The molecule has 0 bridgehead atoms. The largest absolute Gasteiger partial charge is 0.508 e. The zero-order valence-corrected chi connectivity index (χ0v) is 12.7. The molecule has 20 heavy (non-hydrogen) atoms. The van der Waals surface area contributed by atoms with Gasteiger partial charge in [0.15, 0.2) is 0 Å². The van der Waals surface area contributed by atoms with Crippen molar-refractivity contribution in [2.24, 2.45) is 0 Å². The highest BCUT2D eigenvalue weighted by Gasteiger charge is 2.25. The van der Waals surface area contributed by atoms with Crippen LogP contribution < -0.4 is 10.6 Å². The molecule has 4 nitrogen and oxygen atoms in total. The van der Waals surface area contributed by atoms with Gasteiger partial charge >= 0.3 is 0 Å². The Balaban J connectivity index is 1.80. The van der Waals surface area contributed by atoms with Gasteiger partial charge in [0.05, 0.1) is 11.4 Å². The molecule has 5 heteroatoms. The molecule has 0 radical (unpaired) electrons. The van der Waals surface area contributed by atoms with E-state index < -0.39 is 0 Å². The van der Waals surface area contributed by atoms with Crippen LogP contribution >= 0.6 is 22.6 Å². The number of aromatic hydroxyl groups is 1. The second kappa shape index (κ2) is 5.32. The van der Waals surface area contributed by atoms with Crippen LogP contribution in [0.4, 0.5) is 11.4 Å². The molecule has 102 valence electrons. The number of hydrogen-bond donors (Lipinski definition) is 3. The molecule has 1 heterocycles. The molecule has 3 rings (SSSR count). The number of fused-ring (bicyclic) bond motifs is 1. The summed E-state index contributed by atoms with van der Waals surface area (Å²) < 4.78 is 1.08. The SMILES string of the molecule is O=C1Nc2cc(I)ccc2NC1Cc1ccc(O)cc1. The maximum Gasteiger partial charge on any atom is 0.247 e. The van der Waals surface area contributed by atoms with Crippen LogP contribution in [0.1, 0.15) is 5.56 Å². The summed E-state index contributed by atoms with van der Waals surface area (Å²) >= 11 is 2.22. The molecular formula is C15H13IN2O2. The Kier molecular flexibility index (Phi) is 3.52. The first-order valence-electron chi connectivity index (χ1n) is 6.27. The lowest BCUT2D eigenvalue weighted by molar-refractivity contribution is -0.117. The third-order valence-electron chi connectivity index (χ3n) is 3.26. The van der Waals surface area contributed by atoms with E-state index in [9.17, 15) is 9.90 Å². The minimum absolute atomic E-state index is 0.0347. The van der Waals surface area contributed by atoms with Crippen LogP contribution in [-0.2, 0) is 11.2 Å². The second-order valence-corrected chi connectivity index (χ2v) is 5.99. The number of anilines is 2. The van der Waals surface area contributed by atoms with Crippen LogP contribution in [0.5, 0.6) is 5.75 Å². The molecule has 0 saturated heterocycles. The number of benzene rings is 2. The molecule has 1 aliphatic rings. The van der Waals surface area contributed by atoms with Gasteiger partial charge in [0.2, 0.25) is 5.91 Å². The number of hydrogen-bond acceptors (Lipinski definition) is 3. The summed E-state index contributed by atoms with van der Waals surface area (Å²) in [6.07, 6.45) is 0.581. The zero-order valence-electron chi connectivity index (χ0n) is 10.6. The van der Waals surface area contributed by atoms with Crippen molar-refractivity contribution < 1.29 is 9.90 Å². The molecule has 1 amide bonds. The van der Waals surface area contributed by atoms with Crippen LogP contribution in [0.2, 0.25) is 0 Å². The number of nitrogens with one attached hydrogen (secondary N) is 2. The fraction of sp³-hybridized carbons (Fsp3) is 0.133. The van der Waals surface area contributed by atoms with Crippen LogP contribution in [0.3, 0.4) is 0 Å². The summed E-state index contributed by atoms with van der Waals surface area (Å²) in [5, 5.41) is 15.5. The third kappa shape index (κ3) is 2.72. The molecule has 0 spiro atoms. The fourth-order valence-electron chi connectivity index (χ4n) is 2.23. The predicted octanol–water partition coefficient (Wildman–Crippen LogP) is 2.97. The predicted molar refractivity (Wildman–Crippen MR) is 87.0 cm³/mol. The van der Waals surface area contributed by atoms with Crippen LogP contribution in [0, 0.1) is 3.57 Å². The lowest BCUT2D eigenvalue weighted by Crippen LogP contribution is -2.40. The quantitative estimate of drug-likeness (QED) is 0.703. The van der Waals surface area contributed by atoms with Crippen molar-refractivity contribution in [1.29, 1.82) is 0 Å². The number of halogens is 1. The van der Waals surface area contributed by atoms with Gasteiger partial charge in [0, 0.05) is 9.99 Å². The van der Waals surface area contributed by atoms with E-state index in [0.717, 1.165) is 20.5 Å². The van der Waals surface area contributed by atoms with E-state index in [1.54, 1.807) is 12.1 Å². The van der Waals surface area contributed by atoms with Crippen molar-refractivity contribution in [2.75, 3.05) is 10.6 Å². The Morgan fingerprint density at radius 2 is 1.85 bits per heavy atom. The maximum atomic E-state index is 12.1. The van der Waals surface area contributed by atoms with Gasteiger partial charge in [-0.2, -0.15) is 0 Å². The highest BCUT2D eigenvalue weighted by atomic mass is 127. The summed E-state index contributed by atoms with van der Waals surface area (Å²) in [6, 6.07) is 12.5. The first kappa shape index (κ1) is 13.2. The minimum atomic E-state index is -0.299. The van der Waals surface area contributed by atoms with Crippen molar-refractivity contribution in [1.82, 2.24) is 0 Å². The summed E-state index contributed by atoms with van der Waals surface area (Å²) in [7, 11) is 0. The molecule has 2 aromatic carbocycles. The van der Waals surface area contributed by atoms with E-state index in [0.29, 0.717) is 6.42 Å². The zero-order chi connectivity index (χ0) is 14.1. The molecule has 1 aliphatic heterocycles. The van der Waals surface area contributed by atoms with E-state index in [1.165, 1.54) is 0 Å². The van der Waals surface area contributed by atoms with E-state index in [1.807, 2.05) is 30.3 Å². The molecular weight excluding hydrogens is 367 g/mol. The van der Waals surface area contributed by atoms with Crippen molar-refractivity contribution in [3.8, 4) is 5.75 Å². The Labute approximate surface area is 130 Å². The number of rotatable bonds is 2. The average Bonchev–Trinajstić information content (AvgIpc) is 2.42. The number of phenolic OH excluding ortho intramolecular Hbond substituents is 1. The van der Waals surface area contributed by atoms with Crippen molar-refractivity contribution in [2.45, 2.75) is 12.5 Å². The van der Waals surface area contributed by atoms with Crippen LogP contribution in [0.25, 0.3) is 0 Å². The van der Waals surface area contributed by atoms with E-state index in [-0.39, 0.29) is 17.7 Å². The summed E-state index contributed by atoms with van der Waals surface area (Å²) in [4.78, 5) is 12.1. The smallest absolute Gasteiger partial charge is 0.247 e. The average molecular weight is 380 g/mol. The summed E-state index contributed by atoms with van der Waals surface area (Å²) in [6.45, 7) is 0. The van der Waals surface area contributed by atoms with Gasteiger partial charge in [-0.3, -0.25) is 4.79 Å². The minimum Gasteiger partial charge on any atom is -0.508 e. The van der Waals surface area contributed by atoms with E-state index in [2.05, 4.69) is 33.2 Å². The molecule has 0 fully saturated rings. The van der Waals surface area contributed by atoms with Gasteiger partial charge in [-0.05, 0) is 58.5 Å². The number of phenols is 1. The Morgan fingerprint density at radius 1 is 1.10 bits per heavy atom. The van der Waals surface area contributed by atoms with Gasteiger partial charge < -0.3 is 15.7 Å². The number of amides is 1. The standard InChI is InChI=1S/C15H13IN2O2/c16-10-3-6-12-13(8-10)18-15(20)14(17-12)7-9-1-4-11(19)5-2-9/h1-6,8,14,17,19H,7H2,(H,18,20). The van der Waals surface area contributed by atoms with Crippen LogP contribution in [-0.4, -0.2) is 17.1 Å². The van der Waals surface area contributed by atoms with Gasteiger partial charge in [-0.1, -0.05) is 12.1 Å². The second-order valence-electron chi connectivity index (χ2n) is 4.75. The van der Waals surface area contributed by atoms with E-state index >= 15 is 0 Å². The van der Waals surface area contributed by atoms with Crippen molar-refractivity contribution in [3.63, 3.8) is 0 Å². The highest BCUT2D eigenvalue weighted by molar-refractivity contribution is 14.1. The molecule has 3 N–H and O–H groups in total. The molecule has 0 aromatic heterocycles. The molecule has 1 atom stereocenters. The topological polar surface area (TPSA) is 61.4 Å². The van der Waals surface area contributed by atoms with Gasteiger partial charge in [0.1, 0.15) is 11.8 Å². The molecule has 1 unspecified atom stereocenters. The normalized spacial score (nSPS) is 17.1. The van der Waals surface area contributed by atoms with Crippen LogP contribution in [0.15, 0.2) is 42.5 Å². The molecule has 0 aliphatic carbocycles. The summed E-state index contributed by atoms with van der Waals surface area (Å²) in [5.74, 6) is 0.197. The highest BCUT2D eigenvalue weighted by Crippen LogP contribution is 2.29. The van der Waals surface area contributed by atoms with Crippen molar-refractivity contribution in [3.05, 3.63) is 51.6 Å². The Morgan fingerprint density at radius 3 is 2.60 bits per heavy atom. The lowest BCUT2D eigenvalue weighted by Gasteiger charge is -2.27. The monoisotopic (exact) mass is 380 g/mol. The van der Waals surface area contributed by atoms with Crippen molar-refractivity contribution >= 4 is 39.9 Å². The Bertz CT molecular complexity index is 655. The van der Waals surface area contributed by atoms with E-state index in [4.69, 9.17) is 0 Å². The number of carbonyl (C=O) groups excluding carboxylic acids is 1. The third-order valence-corrected chi connectivity index (χ3v) is 3.93. The summed E-state index contributed by atoms with van der Waals surface area (Å²) in [5.41, 5.74) is 2.77. The van der Waals surface area contributed by atoms with Gasteiger partial charge in [-0.25, -0.2) is 0 Å². The molecule has 2 aromatic rings.